The van der Waals surface area contributed by atoms with Gasteiger partial charge in [-0.2, -0.15) is 0 Å². The summed E-state index contributed by atoms with van der Waals surface area (Å²) in [5, 5.41) is 1.72. The van der Waals surface area contributed by atoms with E-state index in [9.17, 15) is 9.59 Å². The van der Waals surface area contributed by atoms with Crippen LogP contribution in [0.25, 0.3) is 10.8 Å². The monoisotopic (exact) mass is 288 g/mol. The molecule has 1 aliphatic rings. The smallest absolute Gasteiger partial charge is 0.266 e. The van der Waals surface area contributed by atoms with Crippen molar-refractivity contribution in [2.24, 2.45) is 0 Å². The highest BCUT2D eigenvalue weighted by atomic mass is 16.2. The van der Waals surface area contributed by atoms with Crippen molar-refractivity contribution in [2.75, 3.05) is 10.6 Å². The fourth-order valence-electron chi connectivity index (χ4n) is 2.91. The summed E-state index contributed by atoms with van der Waals surface area (Å²) >= 11 is 0. The Kier molecular flexibility index (Phi) is 2.53. The zero-order chi connectivity index (χ0) is 15.3. The van der Waals surface area contributed by atoms with Crippen LogP contribution in [0.3, 0.4) is 0 Å². The van der Waals surface area contributed by atoms with E-state index in [1.165, 1.54) is 0 Å². The number of carbonyl (C=O) groups is 2. The Morgan fingerprint density at radius 3 is 2.32 bits per heavy atom. The summed E-state index contributed by atoms with van der Waals surface area (Å²) in [6, 6.07) is 18.0. The van der Waals surface area contributed by atoms with Crippen molar-refractivity contribution >= 4 is 34.0 Å². The Morgan fingerprint density at radius 2 is 1.50 bits per heavy atom. The number of para-hydroxylation sites is 2. The molecule has 0 radical (unpaired) electrons. The molecule has 0 bridgehead atoms. The molecule has 2 N–H and O–H groups in total. The molecule has 0 aliphatic carbocycles. The van der Waals surface area contributed by atoms with E-state index in [-0.39, 0.29) is 11.8 Å². The van der Waals surface area contributed by atoms with Crippen molar-refractivity contribution in [3.05, 3.63) is 71.8 Å². The van der Waals surface area contributed by atoms with Crippen LogP contribution in [0.5, 0.6) is 0 Å². The lowest BCUT2D eigenvalue weighted by atomic mass is 10.0. The van der Waals surface area contributed by atoms with E-state index in [0.717, 1.165) is 15.7 Å². The average Bonchev–Trinajstić information content (AvgIpc) is 2.80. The first-order chi connectivity index (χ1) is 10.7. The van der Waals surface area contributed by atoms with Crippen LogP contribution in [0.4, 0.5) is 11.4 Å². The number of nitrogens with zero attached hydrogens (tertiary/aromatic N) is 1. The molecule has 0 spiro atoms. The molecule has 0 aromatic heterocycles. The molecular weight excluding hydrogens is 276 g/mol. The van der Waals surface area contributed by atoms with Gasteiger partial charge in [-0.05, 0) is 29.0 Å². The quantitative estimate of drug-likeness (QED) is 0.552. The first-order valence-corrected chi connectivity index (χ1v) is 6.93. The molecule has 1 aliphatic heterocycles. The van der Waals surface area contributed by atoms with Gasteiger partial charge >= 0.3 is 0 Å². The number of nitrogen functional groups attached to an aromatic ring is 1. The number of hydrogen-bond acceptors (Lipinski definition) is 3. The summed E-state index contributed by atoms with van der Waals surface area (Å²) in [5.41, 5.74) is 7.63. The Balaban J connectivity index is 1.97. The van der Waals surface area contributed by atoms with E-state index in [0.29, 0.717) is 22.5 Å². The van der Waals surface area contributed by atoms with Crippen molar-refractivity contribution in [3.8, 4) is 0 Å². The van der Waals surface area contributed by atoms with Crippen molar-refractivity contribution in [2.45, 2.75) is 0 Å². The standard InChI is InChI=1S/C18H12N2O2/c19-14-7-3-4-8-15(14)20-17(21)13-10-9-11-5-1-2-6-12(11)16(13)18(20)22/h1-10H,19H2. The topological polar surface area (TPSA) is 63.4 Å². The van der Waals surface area contributed by atoms with Gasteiger partial charge in [0.15, 0.2) is 0 Å². The third-order valence-electron chi connectivity index (χ3n) is 3.96. The number of nitrogens with two attached hydrogens (primary N) is 1. The highest BCUT2D eigenvalue weighted by molar-refractivity contribution is 6.38. The second-order valence-electron chi connectivity index (χ2n) is 5.21. The predicted octanol–water partition coefficient (Wildman–Crippen LogP) is 3.22. The molecule has 1 heterocycles. The van der Waals surface area contributed by atoms with Gasteiger partial charge in [-0.15, -0.1) is 0 Å². The van der Waals surface area contributed by atoms with Crippen LogP contribution in [0, 0.1) is 0 Å². The van der Waals surface area contributed by atoms with Crippen LogP contribution in [-0.4, -0.2) is 11.8 Å². The molecule has 3 aromatic rings. The van der Waals surface area contributed by atoms with Gasteiger partial charge in [0.05, 0.1) is 22.5 Å². The van der Waals surface area contributed by atoms with Crippen LogP contribution in [0.1, 0.15) is 20.7 Å². The van der Waals surface area contributed by atoms with E-state index in [1.54, 1.807) is 30.3 Å². The summed E-state index contributed by atoms with van der Waals surface area (Å²) in [6.45, 7) is 0. The molecule has 4 heteroatoms. The number of hydrogen-bond donors (Lipinski definition) is 1. The number of anilines is 2. The molecule has 2 amide bonds. The molecule has 4 nitrogen and oxygen atoms in total. The van der Waals surface area contributed by atoms with Gasteiger partial charge in [0, 0.05) is 0 Å². The summed E-state index contributed by atoms with van der Waals surface area (Å²) in [4.78, 5) is 26.6. The lowest BCUT2D eigenvalue weighted by Crippen LogP contribution is -2.30. The number of carbonyl (C=O) groups excluding carboxylic acids is 2. The summed E-state index contributed by atoms with van der Waals surface area (Å²) in [7, 11) is 0. The summed E-state index contributed by atoms with van der Waals surface area (Å²) in [6.07, 6.45) is 0. The van der Waals surface area contributed by atoms with E-state index >= 15 is 0 Å². The fraction of sp³-hybridized carbons (Fsp3) is 0. The van der Waals surface area contributed by atoms with Crippen LogP contribution in [0.2, 0.25) is 0 Å². The molecule has 106 valence electrons. The third kappa shape index (κ3) is 1.58. The minimum Gasteiger partial charge on any atom is -0.397 e. The number of amides is 2. The number of fused-ring (bicyclic) bond motifs is 3. The minimum atomic E-state index is -0.330. The third-order valence-corrected chi connectivity index (χ3v) is 3.96. The average molecular weight is 288 g/mol. The van der Waals surface area contributed by atoms with Crippen LogP contribution in [0.15, 0.2) is 60.7 Å². The minimum absolute atomic E-state index is 0.324. The molecule has 0 fully saturated rings. The molecular formula is C18H12N2O2. The largest absolute Gasteiger partial charge is 0.397 e. The maximum Gasteiger partial charge on any atom is 0.266 e. The van der Waals surface area contributed by atoms with E-state index in [1.807, 2.05) is 30.3 Å². The lowest BCUT2D eigenvalue weighted by Gasteiger charge is -2.15. The Bertz CT molecular complexity index is 947. The molecule has 22 heavy (non-hydrogen) atoms. The molecule has 3 aromatic carbocycles. The van der Waals surface area contributed by atoms with Crippen molar-refractivity contribution in [1.82, 2.24) is 0 Å². The maximum atomic E-state index is 12.8. The highest BCUT2D eigenvalue weighted by Crippen LogP contribution is 2.35. The number of rotatable bonds is 1. The second-order valence-corrected chi connectivity index (χ2v) is 5.21. The van der Waals surface area contributed by atoms with Crippen LogP contribution >= 0.6 is 0 Å². The van der Waals surface area contributed by atoms with Crippen LogP contribution in [-0.2, 0) is 0 Å². The first-order valence-electron chi connectivity index (χ1n) is 6.93. The first kappa shape index (κ1) is 12.6. The second kappa shape index (κ2) is 4.43. The number of benzene rings is 3. The Labute approximate surface area is 126 Å². The van der Waals surface area contributed by atoms with Gasteiger partial charge in [0.2, 0.25) is 0 Å². The van der Waals surface area contributed by atoms with Gasteiger partial charge in [-0.3, -0.25) is 9.59 Å². The molecule has 4 rings (SSSR count). The molecule has 0 saturated carbocycles. The number of imide groups is 1. The maximum absolute atomic E-state index is 12.8. The fourth-order valence-corrected chi connectivity index (χ4v) is 2.91. The van der Waals surface area contributed by atoms with E-state index in [2.05, 4.69) is 0 Å². The summed E-state index contributed by atoms with van der Waals surface area (Å²) < 4.78 is 0. The Morgan fingerprint density at radius 1 is 0.773 bits per heavy atom. The predicted molar refractivity (Wildman–Crippen MR) is 85.9 cm³/mol. The van der Waals surface area contributed by atoms with Crippen molar-refractivity contribution in [3.63, 3.8) is 0 Å². The zero-order valence-corrected chi connectivity index (χ0v) is 11.6. The summed E-state index contributed by atoms with van der Waals surface area (Å²) in [5.74, 6) is -0.654. The molecule has 0 atom stereocenters. The van der Waals surface area contributed by atoms with Gasteiger partial charge < -0.3 is 5.73 Å². The van der Waals surface area contributed by atoms with Crippen molar-refractivity contribution < 1.29 is 9.59 Å². The van der Waals surface area contributed by atoms with Gasteiger partial charge in [-0.1, -0.05) is 42.5 Å². The van der Waals surface area contributed by atoms with Gasteiger partial charge in [-0.25, -0.2) is 4.90 Å². The molecule has 0 saturated heterocycles. The SMILES string of the molecule is Nc1ccccc1N1C(=O)c2ccc3ccccc3c2C1=O. The normalized spacial score (nSPS) is 13.7. The lowest BCUT2D eigenvalue weighted by molar-refractivity contribution is 0.0927. The highest BCUT2D eigenvalue weighted by Gasteiger charge is 2.38. The van der Waals surface area contributed by atoms with Crippen molar-refractivity contribution in [1.29, 1.82) is 0 Å². The van der Waals surface area contributed by atoms with Crippen LogP contribution < -0.4 is 10.6 Å². The van der Waals surface area contributed by atoms with Gasteiger partial charge in [0.25, 0.3) is 11.8 Å². The van der Waals surface area contributed by atoms with E-state index in [4.69, 9.17) is 5.73 Å². The molecule has 0 unspecified atom stereocenters. The zero-order valence-electron chi connectivity index (χ0n) is 11.6. The Hall–Kier alpha value is -3.14. The van der Waals surface area contributed by atoms with Gasteiger partial charge in [0.1, 0.15) is 0 Å². The van der Waals surface area contributed by atoms with E-state index < -0.39 is 0 Å².